The van der Waals surface area contributed by atoms with Crippen LogP contribution in [0.4, 0.5) is 4.79 Å². The summed E-state index contributed by atoms with van der Waals surface area (Å²) < 4.78 is 1.75. The van der Waals surface area contributed by atoms with Crippen molar-refractivity contribution in [2.75, 3.05) is 0 Å². The highest BCUT2D eigenvalue weighted by Gasteiger charge is 2.55. The normalized spacial score (nSPS) is 21.6. The van der Waals surface area contributed by atoms with Gasteiger partial charge in [0.25, 0.3) is 0 Å². The Bertz CT molecular complexity index is 586. The number of urea groups is 1. The summed E-state index contributed by atoms with van der Waals surface area (Å²) in [5.74, 6) is -0.219. The highest BCUT2D eigenvalue weighted by molar-refractivity contribution is 6.19. The van der Waals surface area contributed by atoms with Crippen LogP contribution in [-0.4, -0.2) is 32.3 Å². The third-order valence-electron chi connectivity index (χ3n) is 4.23. The van der Waals surface area contributed by atoms with Crippen molar-refractivity contribution in [2.45, 2.75) is 32.2 Å². The van der Waals surface area contributed by atoms with Crippen LogP contribution < -0.4 is 5.32 Å². The average Bonchev–Trinajstić information content (AvgIpc) is 3.03. The first-order chi connectivity index (χ1) is 9.54. The largest absolute Gasteiger partial charge is 0.337 e. The van der Waals surface area contributed by atoms with Gasteiger partial charge in [0.2, 0.25) is 11.8 Å². The fourth-order valence-electron chi connectivity index (χ4n) is 2.99. The molecule has 1 spiro atoms. The summed E-state index contributed by atoms with van der Waals surface area (Å²) in [6.45, 7) is 0.0865. The molecule has 0 atom stereocenters. The molecule has 1 aromatic rings. The van der Waals surface area contributed by atoms with Crippen LogP contribution in [-0.2, 0) is 23.2 Å². The molecule has 20 heavy (non-hydrogen) atoms. The van der Waals surface area contributed by atoms with Crippen molar-refractivity contribution in [2.24, 2.45) is 12.5 Å². The van der Waals surface area contributed by atoms with E-state index < -0.39 is 17.4 Å². The summed E-state index contributed by atoms with van der Waals surface area (Å²) in [6, 6.07) is -0.652. The molecule has 0 aromatic carbocycles. The molecule has 1 aromatic heterocycles. The number of hydrogen-bond acceptors (Lipinski definition) is 4. The molecule has 106 valence electrons. The van der Waals surface area contributed by atoms with Gasteiger partial charge in [0.1, 0.15) is 11.2 Å². The van der Waals surface area contributed by atoms with E-state index in [0.29, 0.717) is 18.7 Å². The monoisotopic (exact) mass is 276 g/mol. The van der Waals surface area contributed by atoms with Crippen molar-refractivity contribution in [3.8, 4) is 0 Å². The van der Waals surface area contributed by atoms with E-state index in [1.54, 1.807) is 24.0 Å². The highest BCUT2D eigenvalue weighted by Crippen LogP contribution is 2.41. The Balaban J connectivity index is 1.90. The summed E-state index contributed by atoms with van der Waals surface area (Å²) in [5.41, 5.74) is -1.04. The van der Waals surface area contributed by atoms with Crippen molar-refractivity contribution < 1.29 is 14.4 Å². The molecule has 1 N–H and O–H groups in total. The van der Waals surface area contributed by atoms with Crippen molar-refractivity contribution in [3.05, 3.63) is 18.2 Å². The zero-order valence-corrected chi connectivity index (χ0v) is 11.3. The van der Waals surface area contributed by atoms with Crippen LogP contribution >= 0.6 is 0 Å². The lowest BCUT2D eigenvalue weighted by atomic mass is 9.82. The molecule has 4 amide bonds. The van der Waals surface area contributed by atoms with Crippen molar-refractivity contribution in [1.82, 2.24) is 19.8 Å². The fourth-order valence-corrected chi connectivity index (χ4v) is 2.99. The Morgan fingerprint density at radius 1 is 1.30 bits per heavy atom. The standard InChI is InChI=1S/C13H16N4O3/c1-16-7-6-14-9(16)8-17-11(19)13(4-2-3-5-13)10(18)15-12(17)20/h6-7H,2-5,8H2,1H3,(H,15,18,20). The molecule has 2 fully saturated rings. The third kappa shape index (κ3) is 1.73. The smallest absolute Gasteiger partial charge is 0.331 e. The number of aryl methyl sites for hydroxylation is 1. The number of imidazole rings is 1. The van der Waals surface area contributed by atoms with Gasteiger partial charge in [-0.15, -0.1) is 0 Å². The van der Waals surface area contributed by atoms with E-state index in [-0.39, 0.29) is 12.5 Å². The molecule has 7 nitrogen and oxygen atoms in total. The lowest BCUT2D eigenvalue weighted by Gasteiger charge is -2.36. The minimum absolute atomic E-state index is 0.0865. The van der Waals surface area contributed by atoms with E-state index >= 15 is 0 Å². The lowest BCUT2D eigenvalue weighted by molar-refractivity contribution is -0.151. The van der Waals surface area contributed by atoms with Crippen LogP contribution in [0.25, 0.3) is 0 Å². The zero-order chi connectivity index (χ0) is 14.3. The Kier molecular flexibility index (Phi) is 2.84. The molecular formula is C13H16N4O3. The minimum Gasteiger partial charge on any atom is -0.337 e. The first-order valence-electron chi connectivity index (χ1n) is 6.68. The molecule has 1 aliphatic carbocycles. The number of carbonyl (C=O) groups excluding carboxylic acids is 3. The second-order valence-corrected chi connectivity index (χ2v) is 5.39. The second kappa shape index (κ2) is 4.43. The maximum absolute atomic E-state index is 12.6. The summed E-state index contributed by atoms with van der Waals surface area (Å²) in [4.78, 5) is 41.8. The summed E-state index contributed by atoms with van der Waals surface area (Å²) in [6.07, 6.45) is 6.06. The number of hydrogen-bond donors (Lipinski definition) is 1. The van der Waals surface area contributed by atoms with Crippen molar-refractivity contribution in [3.63, 3.8) is 0 Å². The predicted octanol–water partition coefficient (Wildman–Crippen LogP) is 0.559. The summed E-state index contributed by atoms with van der Waals surface area (Å²) in [7, 11) is 1.80. The Labute approximate surface area is 116 Å². The minimum atomic E-state index is -1.04. The molecule has 0 radical (unpaired) electrons. The Hall–Kier alpha value is -2.18. The number of aromatic nitrogens is 2. The lowest BCUT2D eigenvalue weighted by Crippen LogP contribution is -2.62. The number of amides is 4. The second-order valence-electron chi connectivity index (χ2n) is 5.39. The van der Waals surface area contributed by atoms with E-state index in [0.717, 1.165) is 17.7 Å². The number of barbiturate groups is 1. The quantitative estimate of drug-likeness (QED) is 0.800. The maximum Gasteiger partial charge on any atom is 0.331 e. The van der Waals surface area contributed by atoms with Crippen LogP contribution in [0.5, 0.6) is 0 Å². The van der Waals surface area contributed by atoms with E-state index in [1.165, 1.54) is 0 Å². The van der Waals surface area contributed by atoms with Gasteiger partial charge in [-0.3, -0.25) is 19.8 Å². The summed E-state index contributed by atoms with van der Waals surface area (Å²) in [5, 5.41) is 2.31. The van der Waals surface area contributed by atoms with Gasteiger partial charge in [-0.25, -0.2) is 9.78 Å². The van der Waals surface area contributed by atoms with Gasteiger partial charge >= 0.3 is 6.03 Å². The van der Waals surface area contributed by atoms with Gasteiger partial charge < -0.3 is 4.57 Å². The maximum atomic E-state index is 12.6. The molecule has 1 saturated carbocycles. The molecule has 0 bridgehead atoms. The molecule has 3 rings (SSSR count). The van der Waals surface area contributed by atoms with Gasteiger partial charge in [-0.2, -0.15) is 0 Å². The number of nitrogens with one attached hydrogen (secondary N) is 1. The van der Waals surface area contributed by atoms with Crippen LogP contribution in [0, 0.1) is 5.41 Å². The fraction of sp³-hybridized carbons (Fsp3) is 0.538. The van der Waals surface area contributed by atoms with Crippen molar-refractivity contribution >= 4 is 17.8 Å². The molecule has 7 heteroatoms. The predicted molar refractivity (Wildman–Crippen MR) is 68.2 cm³/mol. The molecule has 2 heterocycles. The van der Waals surface area contributed by atoms with Gasteiger partial charge in [-0.05, 0) is 12.8 Å². The molecular weight excluding hydrogens is 260 g/mol. The number of carbonyl (C=O) groups is 3. The van der Waals surface area contributed by atoms with E-state index in [2.05, 4.69) is 10.3 Å². The zero-order valence-electron chi connectivity index (χ0n) is 11.3. The molecule has 0 unspecified atom stereocenters. The van der Waals surface area contributed by atoms with Crippen LogP contribution in [0.15, 0.2) is 12.4 Å². The highest BCUT2D eigenvalue weighted by atomic mass is 16.2. The summed E-state index contributed by atoms with van der Waals surface area (Å²) >= 11 is 0. The van der Waals surface area contributed by atoms with Gasteiger partial charge in [-0.1, -0.05) is 12.8 Å². The third-order valence-corrected chi connectivity index (χ3v) is 4.23. The van der Waals surface area contributed by atoms with Crippen molar-refractivity contribution in [1.29, 1.82) is 0 Å². The topological polar surface area (TPSA) is 84.3 Å². The first kappa shape index (κ1) is 12.8. The Morgan fingerprint density at radius 3 is 2.60 bits per heavy atom. The number of rotatable bonds is 2. The number of imide groups is 2. The first-order valence-corrected chi connectivity index (χ1v) is 6.68. The van der Waals surface area contributed by atoms with Gasteiger partial charge in [0.05, 0.1) is 6.54 Å². The van der Waals surface area contributed by atoms with Crippen LogP contribution in [0.1, 0.15) is 31.5 Å². The van der Waals surface area contributed by atoms with E-state index in [1.807, 2.05) is 0 Å². The molecule has 2 aliphatic rings. The Morgan fingerprint density at radius 2 is 2.00 bits per heavy atom. The number of nitrogens with zero attached hydrogens (tertiary/aromatic N) is 3. The van der Waals surface area contributed by atoms with Gasteiger partial charge in [0, 0.05) is 19.4 Å². The van der Waals surface area contributed by atoms with Crippen LogP contribution in [0.2, 0.25) is 0 Å². The van der Waals surface area contributed by atoms with Gasteiger partial charge in [0.15, 0.2) is 0 Å². The van der Waals surface area contributed by atoms with E-state index in [9.17, 15) is 14.4 Å². The van der Waals surface area contributed by atoms with Crippen LogP contribution in [0.3, 0.4) is 0 Å². The molecule has 1 saturated heterocycles. The SMILES string of the molecule is Cn1ccnc1CN1C(=O)NC(=O)C2(CCCC2)C1=O. The average molecular weight is 276 g/mol. The molecule has 1 aliphatic heterocycles. The van der Waals surface area contributed by atoms with E-state index in [4.69, 9.17) is 0 Å².